The zero-order valence-corrected chi connectivity index (χ0v) is 14.0. The Balaban J connectivity index is 1.96. The van der Waals surface area contributed by atoms with E-state index < -0.39 is 0 Å². The molecule has 0 heterocycles. The molecular weight excluding hydrogens is 278 g/mol. The van der Waals surface area contributed by atoms with Gasteiger partial charge in [-0.25, -0.2) is 0 Å². The highest BCUT2D eigenvalue weighted by molar-refractivity contribution is 5.94. The molecule has 1 saturated carbocycles. The summed E-state index contributed by atoms with van der Waals surface area (Å²) < 4.78 is 10.9. The second-order valence-corrected chi connectivity index (χ2v) is 5.53. The van der Waals surface area contributed by atoms with Gasteiger partial charge in [0, 0.05) is 24.8 Å². The van der Waals surface area contributed by atoms with Crippen molar-refractivity contribution in [3.05, 3.63) is 18.2 Å². The van der Waals surface area contributed by atoms with Crippen molar-refractivity contribution in [3.63, 3.8) is 0 Å². The lowest BCUT2D eigenvalue weighted by Gasteiger charge is -2.14. The van der Waals surface area contributed by atoms with E-state index in [1.807, 2.05) is 25.1 Å². The highest BCUT2D eigenvalue weighted by Gasteiger charge is 2.36. The highest BCUT2D eigenvalue weighted by atomic mass is 16.5. The van der Waals surface area contributed by atoms with Crippen molar-refractivity contribution in [2.75, 3.05) is 26.1 Å². The summed E-state index contributed by atoms with van der Waals surface area (Å²) in [7, 11) is 3.44. The molecule has 122 valence electrons. The lowest BCUT2D eigenvalue weighted by molar-refractivity contribution is 0.311. The Labute approximate surface area is 133 Å². The van der Waals surface area contributed by atoms with E-state index in [0.29, 0.717) is 12.6 Å². The molecule has 0 radical (unpaired) electrons. The van der Waals surface area contributed by atoms with Gasteiger partial charge in [-0.1, -0.05) is 13.3 Å². The number of hydrogen-bond donors (Lipinski definition) is 2. The van der Waals surface area contributed by atoms with Gasteiger partial charge in [-0.05, 0) is 37.8 Å². The lowest BCUT2D eigenvalue weighted by atomic mass is 10.2. The number of guanidine groups is 1. The molecule has 0 bridgehead atoms. The third-order valence-corrected chi connectivity index (χ3v) is 3.85. The van der Waals surface area contributed by atoms with E-state index >= 15 is 0 Å². The first-order chi connectivity index (χ1) is 10.7. The van der Waals surface area contributed by atoms with Crippen LogP contribution in [0.1, 0.15) is 33.1 Å². The number of nitrogens with zero attached hydrogens (tertiary/aromatic N) is 1. The zero-order chi connectivity index (χ0) is 15.9. The van der Waals surface area contributed by atoms with Crippen molar-refractivity contribution in [1.82, 2.24) is 5.32 Å². The van der Waals surface area contributed by atoms with Crippen LogP contribution in [-0.4, -0.2) is 32.8 Å². The van der Waals surface area contributed by atoms with Gasteiger partial charge in [0.1, 0.15) is 0 Å². The van der Waals surface area contributed by atoms with Gasteiger partial charge in [0.2, 0.25) is 0 Å². The molecular formula is C17H27N3O2. The summed E-state index contributed by atoms with van der Waals surface area (Å²) in [4.78, 5) is 4.29. The maximum absolute atomic E-state index is 5.53. The minimum Gasteiger partial charge on any atom is -0.493 e. The minimum absolute atomic E-state index is 0.552. The first-order valence-electron chi connectivity index (χ1n) is 8.02. The molecule has 0 spiro atoms. The first-order valence-corrected chi connectivity index (χ1v) is 8.02. The van der Waals surface area contributed by atoms with Crippen LogP contribution < -0.4 is 20.1 Å². The summed E-state index contributed by atoms with van der Waals surface area (Å²) in [5, 5.41) is 6.78. The van der Waals surface area contributed by atoms with Crippen molar-refractivity contribution in [3.8, 4) is 11.5 Å². The van der Waals surface area contributed by atoms with Gasteiger partial charge < -0.3 is 20.1 Å². The Morgan fingerprint density at radius 2 is 2.14 bits per heavy atom. The van der Waals surface area contributed by atoms with E-state index in [1.54, 1.807) is 14.2 Å². The number of hydrogen-bond acceptors (Lipinski definition) is 3. The van der Waals surface area contributed by atoms with Gasteiger partial charge in [-0.15, -0.1) is 0 Å². The molecule has 0 aromatic heterocycles. The van der Waals surface area contributed by atoms with Gasteiger partial charge in [-0.2, -0.15) is 0 Å². The summed E-state index contributed by atoms with van der Waals surface area (Å²) in [5.74, 6) is 3.06. The molecule has 22 heavy (non-hydrogen) atoms. The summed E-state index contributed by atoms with van der Waals surface area (Å²) >= 11 is 0. The summed E-state index contributed by atoms with van der Waals surface area (Å²) in [5.41, 5.74) is 0.932. The topological polar surface area (TPSA) is 54.9 Å². The predicted molar refractivity (Wildman–Crippen MR) is 91.1 cm³/mol. The van der Waals surface area contributed by atoms with Gasteiger partial charge >= 0.3 is 0 Å². The molecule has 1 fully saturated rings. The SMILES string of the molecule is CCCC1CC1NC(=NC)Nc1ccc(OCC)c(OC)c1. The Hall–Kier alpha value is -1.91. The highest BCUT2D eigenvalue weighted by Crippen LogP contribution is 2.34. The van der Waals surface area contributed by atoms with Crippen LogP contribution in [0.5, 0.6) is 11.5 Å². The average Bonchev–Trinajstić information content (AvgIpc) is 3.26. The fourth-order valence-electron chi connectivity index (χ4n) is 2.60. The van der Waals surface area contributed by atoms with Crippen molar-refractivity contribution < 1.29 is 9.47 Å². The smallest absolute Gasteiger partial charge is 0.195 e. The molecule has 1 aliphatic carbocycles. The molecule has 2 unspecified atom stereocenters. The number of methoxy groups -OCH3 is 1. The Kier molecular flexibility index (Phi) is 5.92. The molecule has 5 heteroatoms. The van der Waals surface area contributed by atoms with E-state index in [2.05, 4.69) is 22.5 Å². The maximum atomic E-state index is 5.53. The van der Waals surface area contributed by atoms with Gasteiger partial charge in [0.15, 0.2) is 17.5 Å². The van der Waals surface area contributed by atoms with Gasteiger partial charge in [0.05, 0.1) is 13.7 Å². The quantitative estimate of drug-likeness (QED) is 0.599. The van der Waals surface area contributed by atoms with Crippen molar-refractivity contribution in [2.45, 2.75) is 39.2 Å². The van der Waals surface area contributed by atoms with Gasteiger partial charge in [-0.3, -0.25) is 4.99 Å². The number of anilines is 1. The molecule has 0 aliphatic heterocycles. The second-order valence-electron chi connectivity index (χ2n) is 5.53. The number of benzene rings is 1. The van der Waals surface area contributed by atoms with Crippen LogP contribution in [0.25, 0.3) is 0 Å². The summed E-state index contributed by atoms with van der Waals surface area (Å²) in [6, 6.07) is 6.36. The van der Waals surface area contributed by atoms with Crippen LogP contribution >= 0.6 is 0 Å². The molecule has 1 aromatic rings. The summed E-state index contributed by atoms with van der Waals surface area (Å²) in [6.45, 7) is 4.81. The molecule has 2 N–H and O–H groups in total. The second kappa shape index (κ2) is 7.92. The average molecular weight is 305 g/mol. The fourth-order valence-corrected chi connectivity index (χ4v) is 2.60. The van der Waals surface area contributed by atoms with Crippen molar-refractivity contribution in [2.24, 2.45) is 10.9 Å². The Morgan fingerprint density at radius 3 is 2.77 bits per heavy atom. The van der Waals surface area contributed by atoms with Crippen LogP contribution in [0, 0.1) is 5.92 Å². The van der Waals surface area contributed by atoms with Gasteiger partial charge in [0.25, 0.3) is 0 Å². The Morgan fingerprint density at radius 1 is 1.32 bits per heavy atom. The molecule has 2 atom stereocenters. The van der Waals surface area contributed by atoms with Crippen molar-refractivity contribution in [1.29, 1.82) is 0 Å². The van der Waals surface area contributed by atoms with E-state index in [9.17, 15) is 0 Å². The maximum Gasteiger partial charge on any atom is 0.195 e. The number of nitrogens with one attached hydrogen (secondary N) is 2. The summed E-state index contributed by atoms with van der Waals surface area (Å²) in [6.07, 6.45) is 3.76. The lowest BCUT2D eigenvalue weighted by Crippen LogP contribution is -2.33. The molecule has 5 nitrogen and oxygen atoms in total. The van der Waals surface area contributed by atoms with E-state index in [0.717, 1.165) is 29.1 Å². The molecule has 0 saturated heterocycles. The zero-order valence-electron chi connectivity index (χ0n) is 14.0. The van der Waals surface area contributed by atoms with E-state index in [1.165, 1.54) is 19.3 Å². The molecule has 2 rings (SSSR count). The first kappa shape index (κ1) is 16.5. The third-order valence-electron chi connectivity index (χ3n) is 3.85. The Bertz CT molecular complexity index is 517. The van der Waals surface area contributed by atoms with Crippen LogP contribution in [0.2, 0.25) is 0 Å². The van der Waals surface area contributed by atoms with E-state index in [4.69, 9.17) is 9.47 Å². The minimum atomic E-state index is 0.552. The molecule has 1 aliphatic rings. The largest absolute Gasteiger partial charge is 0.493 e. The monoisotopic (exact) mass is 305 g/mol. The molecule has 1 aromatic carbocycles. The van der Waals surface area contributed by atoms with Crippen LogP contribution in [0.15, 0.2) is 23.2 Å². The van der Waals surface area contributed by atoms with E-state index in [-0.39, 0.29) is 0 Å². The van der Waals surface area contributed by atoms with Crippen molar-refractivity contribution >= 4 is 11.6 Å². The normalized spacial score (nSPS) is 20.5. The number of aliphatic imine (C=N–C) groups is 1. The standard InChI is InChI=1S/C17H27N3O2/c1-5-7-12-10-14(12)20-17(18-3)19-13-8-9-15(22-6-2)16(11-13)21-4/h8-9,11-12,14H,5-7,10H2,1-4H3,(H2,18,19,20). The van der Waals surface area contributed by atoms with Crippen LogP contribution in [0.4, 0.5) is 5.69 Å². The molecule has 0 amide bonds. The van der Waals surface area contributed by atoms with Crippen LogP contribution in [0.3, 0.4) is 0 Å². The predicted octanol–water partition coefficient (Wildman–Crippen LogP) is 3.27. The number of ether oxygens (including phenoxy) is 2. The fraction of sp³-hybridized carbons (Fsp3) is 0.588. The van der Waals surface area contributed by atoms with Crippen LogP contribution in [-0.2, 0) is 0 Å². The number of rotatable bonds is 7. The third kappa shape index (κ3) is 4.29.